The van der Waals surface area contributed by atoms with Crippen molar-refractivity contribution in [1.29, 1.82) is 0 Å². The Bertz CT molecular complexity index is 628. The summed E-state index contributed by atoms with van der Waals surface area (Å²) in [6.07, 6.45) is 0. The molecular weight excluding hydrogens is 282 g/mol. The molecule has 0 atom stereocenters. The lowest BCUT2D eigenvalue weighted by Crippen LogP contribution is -2.28. The van der Waals surface area contributed by atoms with Crippen molar-refractivity contribution in [3.8, 4) is 5.75 Å². The summed E-state index contributed by atoms with van der Waals surface area (Å²) in [7, 11) is 1.82. The van der Waals surface area contributed by atoms with Gasteiger partial charge in [-0.15, -0.1) is 11.8 Å². The standard InChI is InChI=1S/C17H19NO2S/c1-13-6-3-4-7-14(13)11-18(2)17(20)12-21-16-9-5-8-15(19)10-16/h3-10,19H,11-12H2,1-2H3. The average molecular weight is 301 g/mol. The molecule has 0 saturated heterocycles. The molecule has 0 aromatic heterocycles. The number of hydrogen-bond acceptors (Lipinski definition) is 3. The van der Waals surface area contributed by atoms with Crippen molar-refractivity contribution < 1.29 is 9.90 Å². The molecule has 0 unspecified atom stereocenters. The first-order valence-corrected chi connectivity index (χ1v) is 7.75. The van der Waals surface area contributed by atoms with Gasteiger partial charge in [-0.3, -0.25) is 4.79 Å². The molecule has 0 spiro atoms. The summed E-state index contributed by atoms with van der Waals surface area (Å²) in [6.45, 7) is 2.67. The van der Waals surface area contributed by atoms with Crippen LogP contribution in [0.5, 0.6) is 5.75 Å². The van der Waals surface area contributed by atoms with E-state index in [2.05, 4.69) is 13.0 Å². The molecule has 1 amide bonds. The van der Waals surface area contributed by atoms with Crippen LogP contribution in [0.15, 0.2) is 53.4 Å². The lowest BCUT2D eigenvalue weighted by Gasteiger charge is -2.18. The molecule has 4 heteroatoms. The minimum Gasteiger partial charge on any atom is -0.508 e. The van der Waals surface area contributed by atoms with E-state index in [1.807, 2.05) is 31.3 Å². The average Bonchev–Trinajstić information content (AvgIpc) is 2.47. The van der Waals surface area contributed by atoms with Crippen molar-refractivity contribution >= 4 is 17.7 Å². The molecule has 110 valence electrons. The van der Waals surface area contributed by atoms with E-state index in [-0.39, 0.29) is 11.7 Å². The van der Waals surface area contributed by atoms with Gasteiger partial charge in [-0.25, -0.2) is 0 Å². The van der Waals surface area contributed by atoms with E-state index in [1.165, 1.54) is 17.3 Å². The highest BCUT2D eigenvalue weighted by Gasteiger charge is 2.11. The minimum atomic E-state index is 0.0756. The van der Waals surface area contributed by atoms with Crippen LogP contribution in [0.4, 0.5) is 0 Å². The Morgan fingerprint density at radius 3 is 2.67 bits per heavy atom. The van der Waals surface area contributed by atoms with E-state index in [0.29, 0.717) is 12.3 Å². The van der Waals surface area contributed by atoms with Gasteiger partial charge in [-0.2, -0.15) is 0 Å². The summed E-state index contributed by atoms with van der Waals surface area (Å²) in [5.74, 6) is 0.665. The minimum absolute atomic E-state index is 0.0756. The quantitative estimate of drug-likeness (QED) is 0.860. The van der Waals surface area contributed by atoms with Gasteiger partial charge in [0, 0.05) is 18.5 Å². The van der Waals surface area contributed by atoms with Crippen LogP contribution in [-0.4, -0.2) is 28.7 Å². The zero-order chi connectivity index (χ0) is 15.2. The van der Waals surface area contributed by atoms with Gasteiger partial charge in [-0.05, 0) is 36.2 Å². The Morgan fingerprint density at radius 1 is 1.19 bits per heavy atom. The number of carbonyl (C=O) groups is 1. The highest BCUT2D eigenvalue weighted by atomic mass is 32.2. The van der Waals surface area contributed by atoms with Crippen molar-refractivity contribution in [2.75, 3.05) is 12.8 Å². The van der Waals surface area contributed by atoms with E-state index < -0.39 is 0 Å². The Kier molecular flexibility index (Phi) is 5.28. The highest BCUT2D eigenvalue weighted by Crippen LogP contribution is 2.22. The first-order chi connectivity index (χ1) is 10.1. The SMILES string of the molecule is Cc1ccccc1CN(C)C(=O)CSc1cccc(O)c1. The van der Waals surface area contributed by atoms with E-state index in [4.69, 9.17) is 0 Å². The Morgan fingerprint density at radius 2 is 1.95 bits per heavy atom. The smallest absolute Gasteiger partial charge is 0.232 e. The number of aryl methyl sites for hydroxylation is 1. The van der Waals surface area contributed by atoms with Crippen LogP contribution < -0.4 is 0 Å². The van der Waals surface area contributed by atoms with Gasteiger partial charge in [0.2, 0.25) is 5.91 Å². The number of thioether (sulfide) groups is 1. The van der Waals surface area contributed by atoms with E-state index in [1.54, 1.807) is 23.1 Å². The number of benzene rings is 2. The van der Waals surface area contributed by atoms with Crippen LogP contribution in [0.2, 0.25) is 0 Å². The predicted molar refractivity (Wildman–Crippen MR) is 86.5 cm³/mol. The summed E-state index contributed by atoms with van der Waals surface area (Å²) in [4.78, 5) is 14.8. The molecule has 2 rings (SSSR count). The zero-order valence-corrected chi connectivity index (χ0v) is 13.1. The number of phenols is 1. The van der Waals surface area contributed by atoms with E-state index in [0.717, 1.165) is 10.5 Å². The Balaban J connectivity index is 1.90. The van der Waals surface area contributed by atoms with Gasteiger partial charge in [0.1, 0.15) is 5.75 Å². The summed E-state index contributed by atoms with van der Waals surface area (Å²) < 4.78 is 0. The first kappa shape index (κ1) is 15.4. The lowest BCUT2D eigenvalue weighted by molar-refractivity contribution is -0.127. The maximum absolute atomic E-state index is 12.2. The molecule has 0 heterocycles. The third-order valence-corrected chi connectivity index (χ3v) is 4.25. The Hall–Kier alpha value is -1.94. The lowest BCUT2D eigenvalue weighted by atomic mass is 10.1. The first-order valence-electron chi connectivity index (χ1n) is 6.76. The molecule has 0 bridgehead atoms. The molecule has 0 radical (unpaired) electrons. The number of aromatic hydroxyl groups is 1. The Labute approximate surface area is 129 Å². The fourth-order valence-electron chi connectivity index (χ4n) is 1.96. The molecule has 0 aliphatic rings. The molecule has 21 heavy (non-hydrogen) atoms. The molecule has 0 aliphatic heterocycles. The predicted octanol–water partition coefficient (Wildman–Crippen LogP) is 3.45. The fraction of sp³-hybridized carbons (Fsp3) is 0.235. The molecule has 0 saturated carbocycles. The number of nitrogens with zero attached hydrogens (tertiary/aromatic N) is 1. The maximum atomic E-state index is 12.2. The molecule has 0 fully saturated rings. The molecule has 0 aliphatic carbocycles. The normalized spacial score (nSPS) is 10.4. The summed E-state index contributed by atoms with van der Waals surface area (Å²) in [6, 6.07) is 15.0. The van der Waals surface area contributed by atoms with Gasteiger partial charge >= 0.3 is 0 Å². The van der Waals surface area contributed by atoms with Crippen LogP contribution in [0.3, 0.4) is 0 Å². The second kappa shape index (κ2) is 7.18. The topological polar surface area (TPSA) is 40.5 Å². The van der Waals surface area contributed by atoms with Crippen LogP contribution in [0.1, 0.15) is 11.1 Å². The third-order valence-electron chi connectivity index (χ3n) is 3.27. The number of phenolic OH excluding ortho intramolecular Hbond substituents is 1. The third kappa shape index (κ3) is 4.53. The van der Waals surface area contributed by atoms with Crippen LogP contribution in [0, 0.1) is 6.92 Å². The highest BCUT2D eigenvalue weighted by molar-refractivity contribution is 8.00. The molecular formula is C17H19NO2S. The maximum Gasteiger partial charge on any atom is 0.232 e. The number of amides is 1. The van der Waals surface area contributed by atoms with Crippen molar-refractivity contribution in [3.63, 3.8) is 0 Å². The molecule has 2 aromatic rings. The number of carbonyl (C=O) groups excluding carboxylic acids is 1. The van der Waals surface area contributed by atoms with Gasteiger partial charge in [0.15, 0.2) is 0 Å². The summed E-state index contributed by atoms with van der Waals surface area (Å²) >= 11 is 1.43. The van der Waals surface area contributed by atoms with Gasteiger partial charge in [0.05, 0.1) is 5.75 Å². The fourth-order valence-corrected chi connectivity index (χ4v) is 2.85. The summed E-state index contributed by atoms with van der Waals surface area (Å²) in [5.41, 5.74) is 2.36. The number of rotatable bonds is 5. The van der Waals surface area contributed by atoms with E-state index in [9.17, 15) is 9.90 Å². The van der Waals surface area contributed by atoms with Crippen molar-refractivity contribution in [3.05, 3.63) is 59.7 Å². The number of hydrogen-bond donors (Lipinski definition) is 1. The monoisotopic (exact) mass is 301 g/mol. The second-order valence-corrected chi connectivity index (χ2v) is 6.01. The molecule has 2 aromatic carbocycles. The van der Waals surface area contributed by atoms with Gasteiger partial charge in [0.25, 0.3) is 0 Å². The van der Waals surface area contributed by atoms with Gasteiger partial charge < -0.3 is 10.0 Å². The second-order valence-electron chi connectivity index (χ2n) is 4.96. The van der Waals surface area contributed by atoms with Crippen LogP contribution >= 0.6 is 11.8 Å². The van der Waals surface area contributed by atoms with Crippen molar-refractivity contribution in [2.45, 2.75) is 18.4 Å². The van der Waals surface area contributed by atoms with Crippen molar-refractivity contribution in [1.82, 2.24) is 4.90 Å². The van der Waals surface area contributed by atoms with Crippen LogP contribution in [-0.2, 0) is 11.3 Å². The van der Waals surface area contributed by atoms with Crippen molar-refractivity contribution in [2.24, 2.45) is 0 Å². The van der Waals surface area contributed by atoms with Gasteiger partial charge in [-0.1, -0.05) is 30.3 Å². The zero-order valence-electron chi connectivity index (χ0n) is 12.2. The summed E-state index contributed by atoms with van der Waals surface area (Å²) in [5, 5.41) is 9.40. The van der Waals surface area contributed by atoms with E-state index >= 15 is 0 Å². The largest absolute Gasteiger partial charge is 0.508 e. The van der Waals surface area contributed by atoms with Crippen LogP contribution in [0.25, 0.3) is 0 Å². The molecule has 3 nitrogen and oxygen atoms in total. The molecule has 1 N–H and O–H groups in total.